The van der Waals surface area contributed by atoms with E-state index < -0.39 is 0 Å². The first-order valence-corrected chi connectivity index (χ1v) is 10.5. The molecule has 0 saturated heterocycles. The van der Waals surface area contributed by atoms with Gasteiger partial charge in [0.1, 0.15) is 0 Å². The Labute approximate surface area is 153 Å². The Morgan fingerprint density at radius 1 is 1.16 bits per heavy atom. The Balaban J connectivity index is 1.66. The lowest BCUT2D eigenvalue weighted by Crippen LogP contribution is -2.48. The summed E-state index contributed by atoms with van der Waals surface area (Å²) < 4.78 is 0. The number of carbonyl (C=O) groups is 1. The van der Waals surface area contributed by atoms with Crippen LogP contribution in [-0.2, 0) is 4.79 Å². The second-order valence-corrected chi connectivity index (χ2v) is 9.76. The van der Waals surface area contributed by atoms with E-state index in [1.807, 2.05) is 12.2 Å². The predicted molar refractivity (Wildman–Crippen MR) is 104 cm³/mol. The van der Waals surface area contributed by atoms with Crippen molar-refractivity contribution in [2.24, 2.45) is 40.4 Å². The third kappa shape index (κ3) is 2.45. The standard InChI is InChI=1S/C24H34O/c1-5-6-16(2)20-9-10-21-19-8-7-17-15-18(25)11-13-23(17,3)22(19)12-14-24(20,21)4/h7-8,11,13,15-16,19-22H,5-6,9-10,12,14H2,1-4H3/t16?,19?,20?,21?,22?,23-,24+/m0/s1. The molecule has 4 aliphatic rings. The van der Waals surface area contributed by atoms with Crippen molar-refractivity contribution in [3.8, 4) is 0 Å². The largest absolute Gasteiger partial charge is 0.290 e. The zero-order valence-electron chi connectivity index (χ0n) is 16.4. The van der Waals surface area contributed by atoms with Gasteiger partial charge in [-0.2, -0.15) is 0 Å². The molecule has 4 aliphatic carbocycles. The summed E-state index contributed by atoms with van der Waals surface area (Å²) in [5.74, 6) is 4.12. The summed E-state index contributed by atoms with van der Waals surface area (Å²) in [6, 6.07) is 0. The van der Waals surface area contributed by atoms with Gasteiger partial charge >= 0.3 is 0 Å². The Morgan fingerprint density at radius 2 is 1.96 bits per heavy atom. The van der Waals surface area contributed by atoms with E-state index in [-0.39, 0.29) is 11.2 Å². The van der Waals surface area contributed by atoms with Gasteiger partial charge in [0.2, 0.25) is 0 Å². The average molecular weight is 339 g/mol. The van der Waals surface area contributed by atoms with Crippen molar-refractivity contribution in [2.75, 3.05) is 0 Å². The Morgan fingerprint density at radius 3 is 2.72 bits per heavy atom. The van der Waals surface area contributed by atoms with Crippen molar-refractivity contribution >= 4 is 5.78 Å². The van der Waals surface area contributed by atoms with Crippen LogP contribution in [0.2, 0.25) is 0 Å². The first-order chi connectivity index (χ1) is 11.9. The van der Waals surface area contributed by atoms with Gasteiger partial charge in [0, 0.05) is 5.41 Å². The fourth-order valence-electron chi connectivity index (χ4n) is 7.28. The van der Waals surface area contributed by atoms with Crippen LogP contribution >= 0.6 is 0 Å². The minimum absolute atomic E-state index is 0.0712. The SMILES string of the molecule is CCCC(C)C1CCC2C3C=CC4=CC(=O)C=C[C@]4(C)C3CC[C@]12C. The van der Waals surface area contributed by atoms with Crippen LogP contribution in [0.15, 0.2) is 36.0 Å². The average Bonchev–Trinajstić information content (AvgIpc) is 2.93. The molecule has 5 unspecified atom stereocenters. The van der Waals surface area contributed by atoms with Gasteiger partial charge < -0.3 is 0 Å². The molecule has 1 heteroatoms. The fourth-order valence-corrected chi connectivity index (χ4v) is 7.28. The number of rotatable bonds is 3. The zero-order valence-corrected chi connectivity index (χ0v) is 16.4. The van der Waals surface area contributed by atoms with Crippen LogP contribution in [0.25, 0.3) is 0 Å². The highest BCUT2D eigenvalue weighted by molar-refractivity contribution is 6.01. The molecule has 25 heavy (non-hydrogen) atoms. The van der Waals surface area contributed by atoms with Gasteiger partial charge in [-0.15, -0.1) is 0 Å². The van der Waals surface area contributed by atoms with Crippen LogP contribution in [-0.4, -0.2) is 5.78 Å². The lowest BCUT2D eigenvalue weighted by molar-refractivity contribution is -0.110. The van der Waals surface area contributed by atoms with Crippen molar-refractivity contribution in [3.05, 3.63) is 36.0 Å². The van der Waals surface area contributed by atoms with Crippen LogP contribution in [0, 0.1) is 40.4 Å². The number of hydrogen-bond donors (Lipinski definition) is 0. The van der Waals surface area contributed by atoms with Crippen molar-refractivity contribution in [2.45, 2.75) is 66.2 Å². The lowest BCUT2D eigenvalue weighted by atomic mass is 9.49. The normalized spacial score (nSPS) is 46.2. The molecule has 2 saturated carbocycles. The molecule has 0 aliphatic heterocycles. The Hall–Kier alpha value is -1.11. The summed E-state index contributed by atoms with van der Waals surface area (Å²) >= 11 is 0. The topological polar surface area (TPSA) is 17.1 Å². The van der Waals surface area contributed by atoms with E-state index in [1.54, 1.807) is 0 Å². The number of ketones is 1. The second kappa shape index (κ2) is 5.96. The molecule has 0 amide bonds. The molecule has 136 valence electrons. The van der Waals surface area contributed by atoms with Gasteiger partial charge in [-0.1, -0.05) is 58.8 Å². The fraction of sp³-hybridized carbons (Fsp3) is 0.708. The minimum atomic E-state index is 0.0712. The molecule has 2 fully saturated rings. The number of carbonyl (C=O) groups excluding carboxylic acids is 1. The zero-order chi connectivity index (χ0) is 17.8. The van der Waals surface area contributed by atoms with Crippen molar-refractivity contribution in [3.63, 3.8) is 0 Å². The molecular weight excluding hydrogens is 304 g/mol. The van der Waals surface area contributed by atoms with Gasteiger partial charge in [0.05, 0.1) is 0 Å². The molecule has 4 rings (SSSR count). The summed E-state index contributed by atoms with van der Waals surface area (Å²) in [6.45, 7) is 9.82. The third-order valence-corrected chi connectivity index (χ3v) is 8.62. The van der Waals surface area contributed by atoms with Gasteiger partial charge in [0.15, 0.2) is 5.78 Å². The first kappa shape index (κ1) is 17.3. The molecule has 0 aromatic rings. The monoisotopic (exact) mass is 338 g/mol. The molecule has 0 aromatic carbocycles. The van der Waals surface area contributed by atoms with E-state index in [4.69, 9.17) is 0 Å². The summed E-state index contributed by atoms with van der Waals surface area (Å²) in [5, 5.41) is 0. The highest BCUT2D eigenvalue weighted by Gasteiger charge is 2.57. The number of allylic oxidation sites excluding steroid dienone is 6. The van der Waals surface area contributed by atoms with Crippen molar-refractivity contribution in [1.29, 1.82) is 0 Å². The lowest BCUT2D eigenvalue weighted by Gasteiger charge is -2.55. The molecule has 7 atom stereocenters. The highest BCUT2D eigenvalue weighted by Crippen LogP contribution is 2.65. The molecule has 0 N–H and O–H groups in total. The molecule has 0 heterocycles. The van der Waals surface area contributed by atoms with Gasteiger partial charge in [-0.25, -0.2) is 0 Å². The molecular formula is C24H34O. The summed E-state index contributed by atoms with van der Waals surface area (Å²) in [6.07, 6.45) is 18.9. The number of fused-ring (bicyclic) bond motifs is 5. The van der Waals surface area contributed by atoms with Crippen LogP contribution in [0.5, 0.6) is 0 Å². The van der Waals surface area contributed by atoms with Crippen LogP contribution in [0.4, 0.5) is 0 Å². The van der Waals surface area contributed by atoms with Gasteiger partial charge in [-0.05, 0) is 78.4 Å². The summed E-state index contributed by atoms with van der Waals surface area (Å²) in [4.78, 5) is 11.8. The molecule has 0 aromatic heterocycles. The van der Waals surface area contributed by atoms with E-state index >= 15 is 0 Å². The van der Waals surface area contributed by atoms with E-state index in [2.05, 4.69) is 45.9 Å². The maximum atomic E-state index is 11.8. The van der Waals surface area contributed by atoms with E-state index in [0.29, 0.717) is 17.3 Å². The van der Waals surface area contributed by atoms with E-state index in [1.165, 1.54) is 44.1 Å². The maximum Gasteiger partial charge on any atom is 0.178 e. The highest BCUT2D eigenvalue weighted by atomic mass is 16.1. The predicted octanol–water partition coefficient (Wildman–Crippen LogP) is 6.12. The molecule has 0 spiro atoms. The van der Waals surface area contributed by atoms with Gasteiger partial charge in [0.25, 0.3) is 0 Å². The summed E-state index contributed by atoms with van der Waals surface area (Å²) in [7, 11) is 0. The van der Waals surface area contributed by atoms with Crippen molar-refractivity contribution < 1.29 is 4.79 Å². The quantitative estimate of drug-likeness (QED) is 0.605. The third-order valence-electron chi connectivity index (χ3n) is 8.62. The Bertz CT molecular complexity index is 653. The molecule has 0 radical (unpaired) electrons. The minimum Gasteiger partial charge on any atom is -0.290 e. The second-order valence-electron chi connectivity index (χ2n) is 9.76. The van der Waals surface area contributed by atoms with Crippen molar-refractivity contribution in [1.82, 2.24) is 0 Å². The summed E-state index contributed by atoms with van der Waals surface area (Å²) in [5.41, 5.74) is 1.84. The molecule has 1 nitrogen and oxygen atoms in total. The molecule has 0 bridgehead atoms. The van der Waals surface area contributed by atoms with Gasteiger partial charge in [-0.3, -0.25) is 4.79 Å². The van der Waals surface area contributed by atoms with Crippen LogP contribution in [0.1, 0.15) is 66.2 Å². The smallest absolute Gasteiger partial charge is 0.178 e. The van der Waals surface area contributed by atoms with Crippen LogP contribution < -0.4 is 0 Å². The Kier molecular flexibility index (Phi) is 4.13. The van der Waals surface area contributed by atoms with Crippen LogP contribution in [0.3, 0.4) is 0 Å². The van der Waals surface area contributed by atoms with E-state index in [0.717, 1.165) is 17.8 Å². The maximum absolute atomic E-state index is 11.8. The number of hydrogen-bond acceptors (Lipinski definition) is 1. The van der Waals surface area contributed by atoms with E-state index in [9.17, 15) is 4.79 Å². The first-order valence-electron chi connectivity index (χ1n) is 10.5.